The number of rotatable bonds is 3. The van der Waals surface area contributed by atoms with Gasteiger partial charge in [0.05, 0.1) is 0 Å². The third-order valence-electron chi connectivity index (χ3n) is 2.44. The number of nitrogens with one attached hydrogen (secondary N) is 1. The van der Waals surface area contributed by atoms with Crippen molar-refractivity contribution in [1.29, 1.82) is 0 Å². The maximum atomic E-state index is 3.33. The van der Waals surface area contributed by atoms with Gasteiger partial charge in [0.25, 0.3) is 0 Å². The predicted molar refractivity (Wildman–Crippen MR) is 53.9 cm³/mol. The van der Waals surface area contributed by atoms with Crippen molar-refractivity contribution in [1.82, 2.24) is 5.32 Å². The molecule has 0 saturated heterocycles. The van der Waals surface area contributed by atoms with Gasteiger partial charge in [-0.1, -0.05) is 25.5 Å². The fourth-order valence-electron chi connectivity index (χ4n) is 1.59. The van der Waals surface area contributed by atoms with Crippen molar-refractivity contribution in [3.63, 3.8) is 0 Å². The highest BCUT2D eigenvalue weighted by Gasteiger charge is 2.19. The third kappa shape index (κ3) is 2.13. The molecule has 1 rings (SSSR count). The van der Waals surface area contributed by atoms with Crippen LogP contribution in [-0.2, 0) is 0 Å². The van der Waals surface area contributed by atoms with E-state index in [9.17, 15) is 0 Å². The number of unbranched alkanes of at least 4 members (excludes halogenated alkanes) is 1. The minimum absolute atomic E-state index is 0.582. The first-order valence-corrected chi connectivity index (χ1v) is 4.85. The molecule has 0 aliphatic carbocycles. The molecule has 0 aromatic rings. The van der Waals surface area contributed by atoms with E-state index in [4.69, 9.17) is 0 Å². The fraction of sp³-hybridized carbons (Fsp3) is 0.636. The van der Waals surface area contributed by atoms with Crippen molar-refractivity contribution in [3.8, 4) is 0 Å². The summed E-state index contributed by atoms with van der Waals surface area (Å²) in [5.74, 6) is 0.622. The van der Waals surface area contributed by atoms with E-state index in [-0.39, 0.29) is 0 Å². The molecule has 1 nitrogen and oxygen atoms in total. The molecule has 2 unspecified atom stereocenters. The second-order valence-electron chi connectivity index (χ2n) is 3.59. The minimum atomic E-state index is 0.582. The summed E-state index contributed by atoms with van der Waals surface area (Å²) in [6.07, 6.45) is 9.21. The lowest BCUT2D eigenvalue weighted by Gasteiger charge is -2.12. The van der Waals surface area contributed by atoms with E-state index in [1.54, 1.807) is 0 Å². The van der Waals surface area contributed by atoms with Gasteiger partial charge in [-0.05, 0) is 32.0 Å². The maximum Gasteiger partial charge on any atom is 0.0328 e. The van der Waals surface area contributed by atoms with Gasteiger partial charge in [0.2, 0.25) is 0 Å². The molecule has 0 aromatic carbocycles. The molecule has 12 heavy (non-hydrogen) atoms. The van der Waals surface area contributed by atoms with Crippen LogP contribution in [-0.4, -0.2) is 6.04 Å². The summed E-state index contributed by atoms with van der Waals surface area (Å²) in [6, 6.07) is 0.582. The Bertz CT molecular complexity index is 191. The zero-order valence-electron chi connectivity index (χ0n) is 8.30. The topological polar surface area (TPSA) is 12.0 Å². The van der Waals surface area contributed by atoms with Crippen LogP contribution in [0.25, 0.3) is 0 Å². The van der Waals surface area contributed by atoms with Crippen LogP contribution in [0.2, 0.25) is 0 Å². The average molecular weight is 165 g/mol. The largest absolute Gasteiger partial charge is 0.388 e. The van der Waals surface area contributed by atoms with Crippen molar-refractivity contribution in [2.24, 2.45) is 5.92 Å². The predicted octanol–water partition coefficient (Wildman–Crippen LogP) is 2.85. The van der Waals surface area contributed by atoms with Crippen molar-refractivity contribution in [2.75, 3.05) is 0 Å². The van der Waals surface area contributed by atoms with E-state index in [0.717, 1.165) is 0 Å². The molecule has 1 heterocycles. The first-order valence-electron chi connectivity index (χ1n) is 4.85. The summed E-state index contributed by atoms with van der Waals surface area (Å²) in [5, 5.41) is 3.33. The highest BCUT2D eigenvalue weighted by molar-refractivity contribution is 5.19. The van der Waals surface area contributed by atoms with E-state index in [1.807, 2.05) is 0 Å². The normalized spacial score (nSPS) is 29.1. The highest BCUT2D eigenvalue weighted by atomic mass is 14.9. The van der Waals surface area contributed by atoms with Crippen molar-refractivity contribution in [3.05, 3.63) is 23.9 Å². The van der Waals surface area contributed by atoms with Crippen LogP contribution in [0.3, 0.4) is 0 Å². The van der Waals surface area contributed by atoms with Gasteiger partial charge in [-0.25, -0.2) is 0 Å². The van der Waals surface area contributed by atoms with E-state index >= 15 is 0 Å². The first-order chi connectivity index (χ1) is 5.75. The Morgan fingerprint density at radius 1 is 1.58 bits per heavy atom. The Hall–Kier alpha value is -0.720. The summed E-state index contributed by atoms with van der Waals surface area (Å²) in [7, 11) is 0. The Morgan fingerprint density at radius 3 is 2.83 bits per heavy atom. The van der Waals surface area contributed by atoms with Crippen LogP contribution >= 0.6 is 0 Å². The third-order valence-corrected chi connectivity index (χ3v) is 2.44. The lowest BCUT2D eigenvalue weighted by atomic mass is 9.96. The molecule has 0 amide bonds. The van der Waals surface area contributed by atoms with E-state index in [1.165, 1.54) is 18.4 Å². The standard InChI is InChI=1S/C11H19N/c1-4-5-6-7-11-9(2)8-12-10(11)3/h6-8,10-12H,4-5H2,1-3H3/b7-6-. The second-order valence-corrected chi connectivity index (χ2v) is 3.59. The molecule has 0 bridgehead atoms. The van der Waals surface area contributed by atoms with Crippen LogP contribution in [0.5, 0.6) is 0 Å². The minimum Gasteiger partial charge on any atom is -0.388 e. The van der Waals surface area contributed by atoms with Gasteiger partial charge < -0.3 is 5.32 Å². The van der Waals surface area contributed by atoms with Gasteiger partial charge in [0.15, 0.2) is 0 Å². The van der Waals surface area contributed by atoms with Crippen LogP contribution in [0.1, 0.15) is 33.6 Å². The van der Waals surface area contributed by atoms with Crippen molar-refractivity contribution >= 4 is 0 Å². The monoisotopic (exact) mass is 165 g/mol. The number of hydrogen-bond donors (Lipinski definition) is 1. The molecule has 1 aliphatic rings. The summed E-state index contributed by atoms with van der Waals surface area (Å²) in [6.45, 7) is 6.63. The maximum absolute atomic E-state index is 3.33. The fourth-order valence-corrected chi connectivity index (χ4v) is 1.59. The molecule has 1 aliphatic heterocycles. The quantitative estimate of drug-likeness (QED) is 0.634. The molecule has 2 atom stereocenters. The van der Waals surface area contributed by atoms with E-state index in [2.05, 4.69) is 44.4 Å². The molecular weight excluding hydrogens is 146 g/mol. The smallest absolute Gasteiger partial charge is 0.0328 e. The Kier molecular flexibility index (Phi) is 3.39. The molecular formula is C11H19N. The molecule has 68 valence electrons. The van der Waals surface area contributed by atoms with Crippen LogP contribution in [0, 0.1) is 5.92 Å². The van der Waals surface area contributed by atoms with Gasteiger partial charge in [-0.3, -0.25) is 0 Å². The molecule has 1 heteroatoms. The zero-order chi connectivity index (χ0) is 8.97. The molecule has 0 aromatic heterocycles. The van der Waals surface area contributed by atoms with Crippen molar-refractivity contribution < 1.29 is 0 Å². The molecule has 0 radical (unpaired) electrons. The van der Waals surface area contributed by atoms with Crippen LogP contribution in [0.4, 0.5) is 0 Å². The number of allylic oxidation sites excluding steroid dienone is 1. The SMILES string of the molecule is CCC/C=C\C1C(C)=CNC1C. The molecule has 1 N–H and O–H groups in total. The van der Waals surface area contributed by atoms with Gasteiger partial charge in [-0.2, -0.15) is 0 Å². The lowest BCUT2D eigenvalue weighted by Crippen LogP contribution is -2.21. The van der Waals surface area contributed by atoms with E-state index in [0.29, 0.717) is 12.0 Å². The van der Waals surface area contributed by atoms with Gasteiger partial charge in [-0.15, -0.1) is 0 Å². The molecule has 0 fully saturated rings. The van der Waals surface area contributed by atoms with Crippen molar-refractivity contribution in [2.45, 2.75) is 39.7 Å². The van der Waals surface area contributed by atoms with Crippen LogP contribution < -0.4 is 5.32 Å². The Balaban J connectivity index is 2.45. The first kappa shape index (κ1) is 9.37. The van der Waals surface area contributed by atoms with Gasteiger partial charge in [0.1, 0.15) is 0 Å². The average Bonchev–Trinajstić information content (AvgIpc) is 2.35. The summed E-state index contributed by atoms with van der Waals surface area (Å²) in [4.78, 5) is 0. The molecule has 0 saturated carbocycles. The summed E-state index contributed by atoms with van der Waals surface area (Å²) >= 11 is 0. The summed E-state index contributed by atoms with van der Waals surface area (Å²) in [5.41, 5.74) is 1.45. The highest BCUT2D eigenvalue weighted by Crippen LogP contribution is 2.21. The second kappa shape index (κ2) is 4.34. The molecule has 0 spiro atoms. The van der Waals surface area contributed by atoms with Crippen LogP contribution in [0.15, 0.2) is 23.9 Å². The van der Waals surface area contributed by atoms with Gasteiger partial charge in [0, 0.05) is 12.0 Å². The summed E-state index contributed by atoms with van der Waals surface area (Å²) < 4.78 is 0. The Morgan fingerprint density at radius 2 is 2.33 bits per heavy atom. The zero-order valence-corrected chi connectivity index (χ0v) is 8.30. The number of hydrogen-bond acceptors (Lipinski definition) is 1. The lowest BCUT2D eigenvalue weighted by molar-refractivity contribution is 0.583. The Labute approximate surface area is 75.6 Å². The van der Waals surface area contributed by atoms with Gasteiger partial charge >= 0.3 is 0 Å². The van der Waals surface area contributed by atoms with E-state index < -0.39 is 0 Å².